The maximum atomic E-state index is 11.9. The van der Waals surface area contributed by atoms with Crippen LogP contribution in [0, 0.1) is 0 Å². The average Bonchev–Trinajstić information content (AvgIpc) is 2.47. The topological polar surface area (TPSA) is 59.3 Å². The lowest BCUT2D eigenvalue weighted by atomic mass is 9.96. The predicted molar refractivity (Wildman–Crippen MR) is 81.0 cm³/mol. The van der Waals surface area contributed by atoms with Gasteiger partial charge in [0.05, 0.1) is 5.56 Å². The van der Waals surface area contributed by atoms with E-state index < -0.39 is 5.63 Å². The minimum atomic E-state index is -0.433. The van der Waals surface area contributed by atoms with E-state index in [0.717, 1.165) is 12.0 Å². The number of carbonyl (C=O) groups excluding carboxylic acids is 1. The summed E-state index contributed by atoms with van der Waals surface area (Å²) in [4.78, 5) is 23.8. The molecule has 0 saturated carbocycles. The third-order valence-electron chi connectivity index (χ3n) is 3.53. The molecule has 0 aliphatic heterocycles. The molecular weight excluding hydrogens is 290 g/mol. The Morgan fingerprint density at radius 1 is 1.14 bits per heavy atom. The number of anilines is 1. The van der Waals surface area contributed by atoms with E-state index in [1.807, 2.05) is 12.1 Å². The number of benzene rings is 1. The zero-order valence-corrected chi connectivity index (χ0v) is 12.1. The van der Waals surface area contributed by atoms with Crippen molar-refractivity contribution in [3.63, 3.8) is 0 Å². The Morgan fingerprint density at radius 2 is 1.90 bits per heavy atom. The molecule has 0 bridgehead atoms. The third kappa shape index (κ3) is 3.00. The van der Waals surface area contributed by atoms with Crippen molar-refractivity contribution >= 4 is 23.1 Å². The Morgan fingerprint density at radius 3 is 2.67 bits per heavy atom. The second-order valence-electron chi connectivity index (χ2n) is 5.04. The van der Waals surface area contributed by atoms with Gasteiger partial charge >= 0.3 is 5.63 Å². The molecular formula is C16H14ClNO3. The van der Waals surface area contributed by atoms with Crippen LogP contribution in [0.15, 0.2) is 39.5 Å². The van der Waals surface area contributed by atoms with E-state index in [0.29, 0.717) is 41.4 Å². The molecule has 0 unspecified atom stereocenters. The van der Waals surface area contributed by atoms with E-state index in [2.05, 4.69) is 5.32 Å². The molecule has 1 aliphatic carbocycles. The molecule has 3 rings (SSSR count). The van der Waals surface area contributed by atoms with Gasteiger partial charge in [-0.3, -0.25) is 4.79 Å². The van der Waals surface area contributed by atoms with Crippen LogP contribution in [-0.2, 0) is 13.0 Å². The van der Waals surface area contributed by atoms with Gasteiger partial charge in [0, 0.05) is 24.4 Å². The Hall–Kier alpha value is -2.07. The van der Waals surface area contributed by atoms with Gasteiger partial charge in [-0.25, -0.2) is 4.79 Å². The quantitative estimate of drug-likeness (QED) is 0.944. The molecule has 21 heavy (non-hydrogen) atoms. The van der Waals surface area contributed by atoms with Crippen LogP contribution in [0.2, 0.25) is 5.02 Å². The Labute approximate surface area is 126 Å². The SMILES string of the molecule is O=C1CCCc2oc(=O)c(NCc3ccc(Cl)cc3)cc21. The number of halogens is 1. The maximum absolute atomic E-state index is 11.9. The normalized spacial score (nSPS) is 13.9. The fourth-order valence-electron chi connectivity index (χ4n) is 2.39. The molecule has 2 aromatic rings. The van der Waals surface area contributed by atoms with E-state index in [1.54, 1.807) is 18.2 Å². The number of aryl methyl sites for hydroxylation is 1. The molecule has 0 spiro atoms. The highest BCUT2D eigenvalue weighted by molar-refractivity contribution is 6.30. The number of nitrogens with one attached hydrogen (secondary N) is 1. The van der Waals surface area contributed by atoms with Crippen LogP contribution in [-0.4, -0.2) is 5.78 Å². The monoisotopic (exact) mass is 303 g/mol. The van der Waals surface area contributed by atoms with Crippen LogP contribution in [0.3, 0.4) is 0 Å². The van der Waals surface area contributed by atoms with Crippen LogP contribution in [0.25, 0.3) is 0 Å². The Bertz CT molecular complexity index is 734. The van der Waals surface area contributed by atoms with Crippen molar-refractivity contribution in [2.24, 2.45) is 0 Å². The molecule has 0 atom stereocenters. The van der Waals surface area contributed by atoms with Gasteiger partial charge in [-0.2, -0.15) is 0 Å². The zero-order chi connectivity index (χ0) is 14.8. The van der Waals surface area contributed by atoms with E-state index in [9.17, 15) is 9.59 Å². The van der Waals surface area contributed by atoms with Gasteiger partial charge in [-0.15, -0.1) is 0 Å². The number of ketones is 1. The van der Waals surface area contributed by atoms with Gasteiger partial charge in [0.2, 0.25) is 0 Å². The fourth-order valence-corrected chi connectivity index (χ4v) is 2.52. The first-order valence-corrected chi connectivity index (χ1v) is 7.20. The highest BCUT2D eigenvalue weighted by Crippen LogP contribution is 2.22. The second-order valence-corrected chi connectivity index (χ2v) is 5.48. The standard InChI is InChI=1S/C16H14ClNO3/c17-11-6-4-10(5-7-11)9-18-13-8-12-14(19)2-1-3-15(12)21-16(13)20/h4-8,18H,1-3,9H2. The lowest BCUT2D eigenvalue weighted by molar-refractivity contribution is 0.0966. The molecule has 0 fully saturated rings. The summed E-state index contributed by atoms with van der Waals surface area (Å²) in [6.07, 6.45) is 1.90. The van der Waals surface area contributed by atoms with Gasteiger partial charge in [-0.05, 0) is 30.2 Å². The minimum absolute atomic E-state index is 0.0366. The summed E-state index contributed by atoms with van der Waals surface area (Å²) < 4.78 is 5.25. The number of Topliss-reactive ketones (excluding diaryl/α,β-unsaturated/α-hetero) is 1. The Kier molecular flexibility index (Phi) is 3.80. The molecule has 1 aromatic heterocycles. The largest absolute Gasteiger partial charge is 0.426 e. The van der Waals surface area contributed by atoms with E-state index >= 15 is 0 Å². The molecule has 0 radical (unpaired) electrons. The summed E-state index contributed by atoms with van der Waals surface area (Å²) in [5, 5.41) is 3.68. The van der Waals surface area contributed by atoms with Crippen LogP contribution >= 0.6 is 11.6 Å². The number of hydrogen-bond acceptors (Lipinski definition) is 4. The summed E-state index contributed by atoms with van der Waals surface area (Å²) in [6, 6.07) is 8.94. The first-order chi connectivity index (χ1) is 10.1. The summed E-state index contributed by atoms with van der Waals surface area (Å²) in [5.41, 5.74) is 1.40. The number of rotatable bonds is 3. The molecule has 1 aromatic carbocycles. The fraction of sp³-hybridized carbons (Fsp3) is 0.250. The lowest BCUT2D eigenvalue weighted by Crippen LogP contribution is -2.18. The van der Waals surface area contributed by atoms with Crippen LogP contribution in [0.4, 0.5) is 5.69 Å². The predicted octanol–water partition coefficient (Wildman–Crippen LogP) is 3.42. The smallest absolute Gasteiger partial charge is 0.359 e. The summed E-state index contributed by atoms with van der Waals surface area (Å²) in [6.45, 7) is 0.467. The molecule has 5 heteroatoms. The van der Waals surface area contributed by atoms with Crippen molar-refractivity contribution in [2.75, 3.05) is 5.32 Å². The molecule has 1 heterocycles. The molecule has 0 amide bonds. The van der Waals surface area contributed by atoms with Crippen LogP contribution < -0.4 is 10.9 Å². The van der Waals surface area contributed by atoms with E-state index in [4.69, 9.17) is 16.0 Å². The second kappa shape index (κ2) is 5.74. The zero-order valence-electron chi connectivity index (χ0n) is 11.3. The Balaban J connectivity index is 1.82. The van der Waals surface area contributed by atoms with Crippen LogP contribution in [0.1, 0.15) is 34.5 Å². The van der Waals surface area contributed by atoms with Crippen molar-refractivity contribution in [1.29, 1.82) is 0 Å². The highest BCUT2D eigenvalue weighted by Gasteiger charge is 2.21. The van der Waals surface area contributed by atoms with Gasteiger partial charge in [-0.1, -0.05) is 23.7 Å². The van der Waals surface area contributed by atoms with Gasteiger partial charge in [0.25, 0.3) is 0 Å². The maximum Gasteiger partial charge on any atom is 0.359 e. The van der Waals surface area contributed by atoms with Crippen molar-refractivity contribution in [2.45, 2.75) is 25.8 Å². The van der Waals surface area contributed by atoms with E-state index in [1.165, 1.54) is 0 Å². The first kappa shape index (κ1) is 13.9. The van der Waals surface area contributed by atoms with Gasteiger partial charge in [0.15, 0.2) is 5.78 Å². The molecule has 108 valence electrons. The highest BCUT2D eigenvalue weighted by atomic mass is 35.5. The first-order valence-electron chi connectivity index (χ1n) is 6.82. The number of fused-ring (bicyclic) bond motifs is 1. The molecule has 1 N–H and O–H groups in total. The van der Waals surface area contributed by atoms with Gasteiger partial charge < -0.3 is 9.73 Å². The third-order valence-corrected chi connectivity index (χ3v) is 3.78. The minimum Gasteiger partial charge on any atom is -0.426 e. The lowest BCUT2D eigenvalue weighted by Gasteiger charge is -2.14. The summed E-state index contributed by atoms with van der Waals surface area (Å²) in [5.74, 6) is 0.544. The van der Waals surface area contributed by atoms with Crippen LogP contribution in [0.5, 0.6) is 0 Å². The summed E-state index contributed by atoms with van der Waals surface area (Å²) in [7, 11) is 0. The number of hydrogen-bond donors (Lipinski definition) is 1. The molecule has 1 aliphatic rings. The van der Waals surface area contributed by atoms with Crippen molar-refractivity contribution in [1.82, 2.24) is 0 Å². The average molecular weight is 304 g/mol. The van der Waals surface area contributed by atoms with Crippen molar-refractivity contribution < 1.29 is 9.21 Å². The number of carbonyl (C=O) groups is 1. The van der Waals surface area contributed by atoms with E-state index in [-0.39, 0.29) is 5.78 Å². The van der Waals surface area contributed by atoms with Crippen molar-refractivity contribution in [3.8, 4) is 0 Å². The molecule has 0 saturated heterocycles. The summed E-state index contributed by atoms with van der Waals surface area (Å²) >= 11 is 5.83. The molecule has 4 nitrogen and oxygen atoms in total. The van der Waals surface area contributed by atoms with Gasteiger partial charge in [0.1, 0.15) is 11.4 Å². The van der Waals surface area contributed by atoms with Crippen molar-refractivity contribution in [3.05, 3.63) is 62.7 Å².